The van der Waals surface area contributed by atoms with Gasteiger partial charge < -0.3 is 10.0 Å². The average Bonchev–Trinajstić information content (AvgIpc) is 2.36. The Labute approximate surface area is 124 Å². The number of aliphatic hydroxyl groups is 1. The second kappa shape index (κ2) is 7.21. The zero-order valence-electron chi connectivity index (χ0n) is 13.8. The minimum Gasteiger partial charge on any atom is -0.391 e. The molecule has 0 bridgehead atoms. The highest BCUT2D eigenvalue weighted by Crippen LogP contribution is 2.32. The third-order valence-electron chi connectivity index (χ3n) is 5.09. The Morgan fingerprint density at radius 1 is 1.05 bits per heavy atom. The van der Waals surface area contributed by atoms with Crippen molar-refractivity contribution in [1.29, 1.82) is 0 Å². The van der Waals surface area contributed by atoms with Crippen molar-refractivity contribution in [3.05, 3.63) is 0 Å². The molecule has 0 spiro atoms. The molecule has 1 saturated heterocycles. The van der Waals surface area contributed by atoms with Crippen LogP contribution in [-0.4, -0.2) is 85.3 Å². The van der Waals surface area contributed by atoms with Crippen LogP contribution >= 0.6 is 0 Å². The van der Waals surface area contributed by atoms with Gasteiger partial charge in [0.2, 0.25) is 0 Å². The standard InChI is InChI=1S/C16H33N3O/c1-13-11-14(2)16(15(20)12-13)19-9-7-18(8-10-19)6-5-17(3)4/h13-16,20H,5-12H2,1-4H3. The van der Waals surface area contributed by atoms with Gasteiger partial charge in [-0.25, -0.2) is 0 Å². The zero-order chi connectivity index (χ0) is 14.7. The molecule has 2 aliphatic rings. The quantitative estimate of drug-likeness (QED) is 0.832. The van der Waals surface area contributed by atoms with Crippen molar-refractivity contribution < 1.29 is 5.11 Å². The van der Waals surface area contributed by atoms with Crippen LogP contribution in [0.4, 0.5) is 0 Å². The number of hydrogen-bond acceptors (Lipinski definition) is 4. The van der Waals surface area contributed by atoms with E-state index in [2.05, 4.69) is 42.6 Å². The van der Waals surface area contributed by atoms with Crippen LogP contribution < -0.4 is 0 Å². The molecule has 1 saturated carbocycles. The fraction of sp³-hybridized carbons (Fsp3) is 1.00. The van der Waals surface area contributed by atoms with Crippen LogP contribution in [0.5, 0.6) is 0 Å². The average molecular weight is 283 g/mol. The molecule has 0 aromatic carbocycles. The van der Waals surface area contributed by atoms with Gasteiger partial charge in [-0.1, -0.05) is 13.8 Å². The normalized spacial score (nSPS) is 37.5. The van der Waals surface area contributed by atoms with Crippen LogP contribution in [0.2, 0.25) is 0 Å². The van der Waals surface area contributed by atoms with Gasteiger partial charge in [0.05, 0.1) is 6.10 Å². The van der Waals surface area contributed by atoms with Crippen molar-refractivity contribution in [1.82, 2.24) is 14.7 Å². The largest absolute Gasteiger partial charge is 0.391 e. The molecule has 2 rings (SSSR count). The summed E-state index contributed by atoms with van der Waals surface area (Å²) in [6.07, 6.45) is 2.13. The highest BCUT2D eigenvalue weighted by Gasteiger charge is 2.37. The van der Waals surface area contributed by atoms with Crippen LogP contribution in [0.15, 0.2) is 0 Å². The van der Waals surface area contributed by atoms with Gasteiger partial charge in [-0.05, 0) is 38.8 Å². The van der Waals surface area contributed by atoms with Crippen molar-refractivity contribution >= 4 is 0 Å². The second-order valence-electron chi connectivity index (χ2n) is 7.29. The van der Waals surface area contributed by atoms with E-state index in [9.17, 15) is 5.11 Å². The third-order valence-corrected chi connectivity index (χ3v) is 5.09. The number of piperazine rings is 1. The van der Waals surface area contributed by atoms with E-state index < -0.39 is 0 Å². The van der Waals surface area contributed by atoms with Crippen LogP contribution in [0.25, 0.3) is 0 Å². The van der Waals surface area contributed by atoms with Crippen molar-refractivity contribution in [2.45, 2.75) is 38.8 Å². The monoisotopic (exact) mass is 283 g/mol. The third kappa shape index (κ3) is 4.17. The molecule has 0 radical (unpaired) electrons. The first-order chi connectivity index (χ1) is 9.47. The molecule has 4 atom stereocenters. The first-order valence-corrected chi connectivity index (χ1v) is 8.26. The molecular formula is C16H33N3O. The molecule has 0 aromatic rings. The molecular weight excluding hydrogens is 250 g/mol. The Morgan fingerprint density at radius 3 is 2.25 bits per heavy atom. The Balaban J connectivity index is 1.81. The summed E-state index contributed by atoms with van der Waals surface area (Å²) in [6.45, 7) is 11.4. The van der Waals surface area contributed by atoms with E-state index in [-0.39, 0.29) is 6.10 Å². The van der Waals surface area contributed by atoms with E-state index >= 15 is 0 Å². The first kappa shape index (κ1) is 16.2. The SMILES string of the molecule is CC1CC(C)C(N2CCN(CCN(C)C)CC2)C(O)C1. The number of hydrogen-bond donors (Lipinski definition) is 1. The summed E-state index contributed by atoms with van der Waals surface area (Å²) in [5.74, 6) is 1.31. The molecule has 0 amide bonds. The van der Waals surface area contributed by atoms with E-state index in [1.54, 1.807) is 0 Å². The van der Waals surface area contributed by atoms with Crippen LogP contribution in [0.1, 0.15) is 26.7 Å². The lowest BCUT2D eigenvalue weighted by molar-refractivity contribution is -0.0412. The number of likely N-dealkylation sites (N-methyl/N-ethyl adjacent to an activating group) is 1. The lowest BCUT2D eigenvalue weighted by Gasteiger charge is -2.47. The van der Waals surface area contributed by atoms with E-state index in [0.717, 1.165) is 39.1 Å². The van der Waals surface area contributed by atoms with Gasteiger partial charge in [-0.3, -0.25) is 9.80 Å². The van der Waals surface area contributed by atoms with Gasteiger partial charge in [0.25, 0.3) is 0 Å². The summed E-state index contributed by atoms with van der Waals surface area (Å²) in [5, 5.41) is 10.4. The molecule has 118 valence electrons. The van der Waals surface area contributed by atoms with Gasteiger partial charge in [-0.2, -0.15) is 0 Å². The second-order valence-corrected chi connectivity index (χ2v) is 7.29. The maximum Gasteiger partial charge on any atom is 0.0700 e. The molecule has 4 heteroatoms. The Morgan fingerprint density at radius 2 is 1.70 bits per heavy atom. The summed E-state index contributed by atoms with van der Waals surface area (Å²) in [5.41, 5.74) is 0. The summed E-state index contributed by atoms with van der Waals surface area (Å²) in [4.78, 5) is 7.35. The van der Waals surface area contributed by atoms with Crippen LogP contribution in [0, 0.1) is 11.8 Å². The molecule has 2 fully saturated rings. The summed E-state index contributed by atoms with van der Waals surface area (Å²) in [7, 11) is 4.27. The molecule has 0 aromatic heterocycles. The van der Waals surface area contributed by atoms with Gasteiger partial charge in [-0.15, -0.1) is 0 Å². The Hall–Kier alpha value is -0.160. The van der Waals surface area contributed by atoms with E-state index in [4.69, 9.17) is 0 Å². The van der Waals surface area contributed by atoms with Crippen molar-refractivity contribution in [2.24, 2.45) is 11.8 Å². The van der Waals surface area contributed by atoms with E-state index in [1.165, 1.54) is 13.0 Å². The van der Waals surface area contributed by atoms with Crippen LogP contribution in [0.3, 0.4) is 0 Å². The topological polar surface area (TPSA) is 30.0 Å². The Kier molecular flexibility index (Phi) is 5.84. The molecule has 1 N–H and O–H groups in total. The van der Waals surface area contributed by atoms with E-state index in [0.29, 0.717) is 17.9 Å². The Bertz CT molecular complexity index is 277. The molecule has 4 unspecified atom stereocenters. The van der Waals surface area contributed by atoms with Crippen molar-refractivity contribution in [2.75, 3.05) is 53.4 Å². The lowest BCUT2D eigenvalue weighted by Crippen LogP contribution is -2.58. The summed E-state index contributed by atoms with van der Waals surface area (Å²) in [6, 6.07) is 0.391. The van der Waals surface area contributed by atoms with Gasteiger partial charge in [0, 0.05) is 45.3 Å². The van der Waals surface area contributed by atoms with Crippen LogP contribution in [-0.2, 0) is 0 Å². The molecule has 4 nitrogen and oxygen atoms in total. The molecule has 1 heterocycles. The minimum atomic E-state index is -0.123. The highest BCUT2D eigenvalue weighted by atomic mass is 16.3. The van der Waals surface area contributed by atoms with E-state index in [1.807, 2.05) is 0 Å². The summed E-state index contributed by atoms with van der Waals surface area (Å²) < 4.78 is 0. The number of aliphatic hydroxyl groups excluding tert-OH is 1. The fourth-order valence-electron chi connectivity index (χ4n) is 4.03. The van der Waals surface area contributed by atoms with Crippen molar-refractivity contribution in [3.63, 3.8) is 0 Å². The predicted octanol–water partition coefficient (Wildman–Crippen LogP) is 0.961. The first-order valence-electron chi connectivity index (χ1n) is 8.26. The van der Waals surface area contributed by atoms with Gasteiger partial charge in [0.15, 0.2) is 0 Å². The number of rotatable bonds is 4. The fourth-order valence-corrected chi connectivity index (χ4v) is 4.03. The molecule has 1 aliphatic heterocycles. The van der Waals surface area contributed by atoms with Gasteiger partial charge in [0.1, 0.15) is 0 Å². The van der Waals surface area contributed by atoms with Crippen molar-refractivity contribution in [3.8, 4) is 0 Å². The number of nitrogens with zero attached hydrogens (tertiary/aromatic N) is 3. The predicted molar refractivity (Wildman–Crippen MR) is 83.9 cm³/mol. The summed E-state index contributed by atoms with van der Waals surface area (Å²) >= 11 is 0. The smallest absolute Gasteiger partial charge is 0.0700 e. The zero-order valence-corrected chi connectivity index (χ0v) is 13.8. The molecule has 1 aliphatic carbocycles. The highest BCUT2D eigenvalue weighted by molar-refractivity contribution is 4.91. The molecule has 20 heavy (non-hydrogen) atoms. The lowest BCUT2D eigenvalue weighted by atomic mass is 9.77. The minimum absolute atomic E-state index is 0.123. The van der Waals surface area contributed by atoms with Gasteiger partial charge >= 0.3 is 0 Å². The maximum absolute atomic E-state index is 10.4. The maximum atomic E-state index is 10.4.